The minimum absolute atomic E-state index is 0.650. The monoisotopic (exact) mass is 388 g/mol. The average Bonchev–Trinajstić information content (AvgIpc) is 2.73. The van der Waals surface area contributed by atoms with E-state index in [4.69, 9.17) is 4.74 Å². The molecule has 152 valence electrons. The molecule has 0 aromatic heterocycles. The van der Waals surface area contributed by atoms with Crippen LogP contribution in [0.1, 0.15) is 43.0 Å². The van der Waals surface area contributed by atoms with Crippen molar-refractivity contribution in [3.8, 4) is 0 Å². The van der Waals surface area contributed by atoms with E-state index in [9.17, 15) is 0 Å². The Morgan fingerprint density at radius 3 is 1.83 bits per heavy atom. The molecule has 0 atom stereocenters. The first-order valence-electron chi connectivity index (χ1n) is 10.5. The quantitative estimate of drug-likeness (QED) is 0.211. The lowest BCUT2D eigenvalue weighted by Crippen LogP contribution is -2.20. The van der Waals surface area contributed by atoms with Gasteiger partial charge in [-0.2, -0.15) is 0 Å². The second-order valence-electron chi connectivity index (χ2n) is 7.00. The number of nitrogens with zero attached hydrogens (tertiary/aromatic N) is 1. The Hall–Kier alpha value is -2.87. The lowest BCUT2D eigenvalue weighted by atomic mass is 10.1. The van der Waals surface area contributed by atoms with Crippen molar-refractivity contribution in [1.82, 2.24) is 0 Å². The minimum atomic E-state index is 0.650. The maximum Gasteiger partial charge on any atom is 0.207 e. The molecule has 2 rings (SSSR count). The summed E-state index contributed by atoms with van der Waals surface area (Å²) in [5.41, 5.74) is 6.11. The Bertz CT molecular complexity index is 875. The van der Waals surface area contributed by atoms with Crippen molar-refractivity contribution in [1.29, 1.82) is 0 Å². The fourth-order valence-electron chi connectivity index (χ4n) is 3.13. The fraction of sp³-hybridized carbons (Fsp3) is 0.296. The van der Waals surface area contributed by atoms with E-state index in [1.165, 1.54) is 22.4 Å². The first-order valence-corrected chi connectivity index (χ1v) is 10.5. The smallest absolute Gasteiger partial charge is 0.207 e. The third kappa shape index (κ3) is 6.90. The van der Waals surface area contributed by atoms with E-state index in [0.717, 1.165) is 24.4 Å². The maximum absolute atomic E-state index is 5.82. The summed E-state index contributed by atoms with van der Waals surface area (Å²) in [6.45, 7) is 13.2. The molecule has 0 N–H and O–H groups in total. The number of aryl methyl sites for hydroxylation is 2. The third-order valence-corrected chi connectivity index (χ3v) is 4.81. The van der Waals surface area contributed by atoms with Gasteiger partial charge in [-0.1, -0.05) is 65.8 Å². The van der Waals surface area contributed by atoms with Crippen molar-refractivity contribution in [3.05, 3.63) is 101 Å². The zero-order valence-corrected chi connectivity index (χ0v) is 18.5. The lowest BCUT2D eigenvalue weighted by molar-refractivity contribution is -0.519. The summed E-state index contributed by atoms with van der Waals surface area (Å²) in [6.07, 6.45) is 10.4. The first kappa shape index (κ1) is 22.4. The molecule has 0 unspecified atom stereocenters. The topological polar surface area (TPSA) is 12.2 Å². The first-order chi connectivity index (χ1) is 14.1. The van der Waals surface area contributed by atoms with Crippen LogP contribution >= 0.6 is 0 Å². The number of hydrogen-bond donors (Lipinski definition) is 0. The van der Waals surface area contributed by atoms with Gasteiger partial charge in [0, 0.05) is 17.2 Å². The molecule has 29 heavy (non-hydrogen) atoms. The molecule has 2 heteroatoms. The van der Waals surface area contributed by atoms with Crippen LogP contribution in [-0.2, 0) is 4.74 Å². The molecule has 2 nitrogen and oxygen atoms in total. The molecule has 0 aliphatic heterocycles. The van der Waals surface area contributed by atoms with Crippen LogP contribution in [0.4, 0.5) is 0 Å². The van der Waals surface area contributed by atoms with Crippen LogP contribution in [0.5, 0.6) is 0 Å². The van der Waals surface area contributed by atoms with E-state index < -0.39 is 0 Å². The molecule has 0 spiro atoms. The summed E-state index contributed by atoms with van der Waals surface area (Å²) >= 11 is 0. The molecule has 0 bridgehead atoms. The van der Waals surface area contributed by atoms with Gasteiger partial charge in [-0.25, -0.2) is 4.58 Å². The van der Waals surface area contributed by atoms with Crippen LogP contribution in [-0.4, -0.2) is 30.0 Å². The van der Waals surface area contributed by atoms with Crippen LogP contribution in [0.15, 0.2) is 78.9 Å². The summed E-state index contributed by atoms with van der Waals surface area (Å²) in [6, 6.07) is 17.1. The zero-order chi connectivity index (χ0) is 21.1. The van der Waals surface area contributed by atoms with Crippen LogP contribution < -0.4 is 0 Å². The van der Waals surface area contributed by atoms with Crippen molar-refractivity contribution in [3.63, 3.8) is 0 Å². The van der Waals surface area contributed by atoms with Crippen molar-refractivity contribution < 1.29 is 9.31 Å². The van der Waals surface area contributed by atoms with Crippen molar-refractivity contribution in [2.75, 3.05) is 19.7 Å². The normalized spacial score (nSPS) is 12.0. The van der Waals surface area contributed by atoms with E-state index in [2.05, 4.69) is 99.0 Å². The number of rotatable bonds is 9. The Balaban J connectivity index is 2.23. The average molecular weight is 389 g/mol. The van der Waals surface area contributed by atoms with Gasteiger partial charge in [-0.05, 0) is 52.8 Å². The van der Waals surface area contributed by atoms with Gasteiger partial charge < -0.3 is 4.74 Å². The molecule has 0 aliphatic rings. The summed E-state index contributed by atoms with van der Waals surface area (Å²) in [7, 11) is 0. The number of benzene rings is 2. The van der Waals surface area contributed by atoms with Gasteiger partial charge in [0.25, 0.3) is 0 Å². The molecule has 0 saturated carbocycles. The highest BCUT2D eigenvalue weighted by Gasteiger charge is 2.10. The Morgan fingerprint density at radius 2 is 1.31 bits per heavy atom. The van der Waals surface area contributed by atoms with Crippen molar-refractivity contribution >= 4 is 11.5 Å². The van der Waals surface area contributed by atoms with E-state index in [0.29, 0.717) is 6.61 Å². The van der Waals surface area contributed by atoms with Gasteiger partial charge >= 0.3 is 0 Å². The van der Waals surface area contributed by atoms with Crippen molar-refractivity contribution in [2.45, 2.75) is 34.6 Å². The highest BCUT2D eigenvalue weighted by molar-refractivity contribution is 6.05. The molecular formula is C27H34NO+. The maximum atomic E-state index is 5.82. The van der Waals surface area contributed by atoms with Crippen LogP contribution in [0, 0.1) is 13.8 Å². The largest absolute Gasteiger partial charge is 0.493 e. The minimum Gasteiger partial charge on any atom is -0.493 e. The van der Waals surface area contributed by atoms with Gasteiger partial charge in [0.1, 0.15) is 18.8 Å². The van der Waals surface area contributed by atoms with Crippen LogP contribution in [0.2, 0.25) is 0 Å². The molecule has 0 aliphatic carbocycles. The summed E-state index contributed by atoms with van der Waals surface area (Å²) < 4.78 is 8.20. The second-order valence-corrected chi connectivity index (χ2v) is 7.00. The number of allylic oxidation sites excluding steroid dienone is 5. The molecule has 0 fully saturated rings. The summed E-state index contributed by atoms with van der Waals surface area (Å²) in [4.78, 5) is 0. The van der Waals surface area contributed by atoms with Gasteiger partial charge in [0.15, 0.2) is 0 Å². The Labute approximate surface area is 176 Å². The fourth-order valence-corrected chi connectivity index (χ4v) is 3.13. The second kappa shape index (κ2) is 11.9. The number of ether oxygens (including phenoxy) is 1. The molecule has 2 aromatic rings. The summed E-state index contributed by atoms with van der Waals surface area (Å²) in [5.74, 6) is 0.892. The predicted octanol–water partition coefficient (Wildman–Crippen LogP) is 6.33. The predicted molar refractivity (Wildman–Crippen MR) is 126 cm³/mol. The highest BCUT2D eigenvalue weighted by Crippen LogP contribution is 2.16. The zero-order valence-electron chi connectivity index (χ0n) is 18.5. The van der Waals surface area contributed by atoms with E-state index in [1.54, 1.807) is 0 Å². The van der Waals surface area contributed by atoms with E-state index in [1.807, 2.05) is 19.1 Å². The van der Waals surface area contributed by atoms with Gasteiger partial charge in [0.2, 0.25) is 5.71 Å². The molecule has 0 radical (unpaired) electrons. The van der Waals surface area contributed by atoms with E-state index >= 15 is 0 Å². The highest BCUT2D eigenvalue weighted by atomic mass is 16.5. The van der Waals surface area contributed by atoms with Gasteiger partial charge in [-0.15, -0.1) is 0 Å². The van der Waals surface area contributed by atoms with Crippen LogP contribution in [0.3, 0.4) is 0 Å². The molecule has 2 aromatic carbocycles. The SMILES string of the molecule is CCOC(=CC=CC=CC(c1ccc(C)cc1)=[N+](CC)CC)c1ccc(C)cc1. The summed E-state index contributed by atoms with van der Waals surface area (Å²) in [5, 5.41) is 0. The Morgan fingerprint density at radius 1 is 0.759 bits per heavy atom. The van der Waals surface area contributed by atoms with E-state index in [-0.39, 0.29) is 0 Å². The van der Waals surface area contributed by atoms with Crippen molar-refractivity contribution in [2.24, 2.45) is 0 Å². The van der Waals surface area contributed by atoms with Gasteiger partial charge in [-0.3, -0.25) is 0 Å². The molecule has 0 saturated heterocycles. The van der Waals surface area contributed by atoms with Gasteiger partial charge in [0.05, 0.1) is 6.61 Å². The molecule has 0 heterocycles. The molecule has 0 amide bonds. The van der Waals surface area contributed by atoms with Crippen LogP contribution in [0.25, 0.3) is 5.76 Å². The number of hydrogen-bond acceptors (Lipinski definition) is 1. The third-order valence-electron chi connectivity index (χ3n) is 4.81. The lowest BCUT2D eigenvalue weighted by Gasteiger charge is -2.08. The Kier molecular flexibility index (Phi) is 9.17. The standard InChI is InChI=1S/C27H34NO/c1-6-28(7-2)26(24-18-14-22(4)15-19-24)12-10-9-11-13-27(29-8-3)25-20-16-23(5)17-21-25/h9-21H,6-8H2,1-5H3/q+1. The molecular weight excluding hydrogens is 354 g/mol.